The van der Waals surface area contributed by atoms with Gasteiger partial charge in [0, 0.05) is 16.7 Å². The zero-order valence-electron chi connectivity index (χ0n) is 15.9. The predicted molar refractivity (Wildman–Crippen MR) is 112 cm³/mol. The summed E-state index contributed by atoms with van der Waals surface area (Å²) in [6, 6.07) is 15.2. The van der Waals surface area contributed by atoms with E-state index in [1.807, 2.05) is 6.07 Å². The molecule has 1 aromatic heterocycles. The molecular formula is C22H15ClFN3O4. The molecule has 0 unspecified atom stereocenters. The van der Waals surface area contributed by atoms with Gasteiger partial charge in [-0.2, -0.15) is 0 Å². The Kier molecular flexibility index (Phi) is 5.55. The fourth-order valence-electron chi connectivity index (χ4n) is 2.98. The van der Waals surface area contributed by atoms with Crippen molar-refractivity contribution in [3.05, 3.63) is 83.0 Å². The van der Waals surface area contributed by atoms with E-state index in [9.17, 15) is 18.8 Å². The highest BCUT2D eigenvalue weighted by Crippen LogP contribution is 2.26. The lowest BCUT2D eigenvalue weighted by Gasteiger charge is -2.12. The molecule has 0 atom stereocenters. The summed E-state index contributed by atoms with van der Waals surface area (Å²) in [5.74, 6) is -1.17. The van der Waals surface area contributed by atoms with Gasteiger partial charge in [-0.25, -0.2) is 14.1 Å². The van der Waals surface area contributed by atoms with E-state index >= 15 is 0 Å². The molecule has 9 heteroatoms. The second kappa shape index (κ2) is 8.45. The van der Waals surface area contributed by atoms with E-state index in [1.54, 1.807) is 36.4 Å². The summed E-state index contributed by atoms with van der Waals surface area (Å²) in [5, 5.41) is 5.29. The average molecular weight is 440 g/mol. The summed E-state index contributed by atoms with van der Waals surface area (Å²) in [5.41, 5.74) is 0.667. The molecule has 156 valence electrons. The minimum absolute atomic E-state index is 0.0422. The average Bonchev–Trinajstić information content (AvgIpc) is 3.30. The van der Waals surface area contributed by atoms with Gasteiger partial charge in [-0.3, -0.25) is 9.59 Å². The van der Waals surface area contributed by atoms with Gasteiger partial charge < -0.3 is 15.1 Å². The standard InChI is InChI=1S/C22H15ClFN3O4/c23-14-5-3-4-13(10-14)19-9-8-15(31-19)11-18-21(29)27(22(30)26-18)12-20(28)25-17-7-2-1-6-16(17)24/h1-11H,12H2,(H,25,28)(H,26,30)/b18-11+. The number of para-hydroxylation sites is 1. The van der Waals surface area contributed by atoms with Crippen LogP contribution in [0.5, 0.6) is 0 Å². The number of benzene rings is 2. The van der Waals surface area contributed by atoms with E-state index in [2.05, 4.69) is 10.6 Å². The summed E-state index contributed by atoms with van der Waals surface area (Å²) in [7, 11) is 0. The lowest BCUT2D eigenvalue weighted by atomic mass is 10.2. The Morgan fingerprint density at radius 2 is 1.94 bits per heavy atom. The molecule has 1 fully saturated rings. The highest BCUT2D eigenvalue weighted by atomic mass is 35.5. The van der Waals surface area contributed by atoms with Crippen molar-refractivity contribution in [2.75, 3.05) is 11.9 Å². The number of rotatable bonds is 5. The first-order valence-corrected chi connectivity index (χ1v) is 9.53. The Morgan fingerprint density at radius 3 is 2.71 bits per heavy atom. The Bertz CT molecular complexity index is 1220. The van der Waals surface area contributed by atoms with Crippen LogP contribution in [0.25, 0.3) is 17.4 Å². The summed E-state index contributed by atoms with van der Waals surface area (Å²) in [4.78, 5) is 37.6. The maximum atomic E-state index is 13.7. The molecule has 2 heterocycles. The van der Waals surface area contributed by atoms with Gasteiger partial charge in [0.15, 0.2) is 0 Å². The van der Waals surface area contributed by atoms with Crippen molar-refractivity contribution in [3.63, 3.8) is 0 Å². The molecule has 1 saturated heterocycles. The second-order valence-corrected chi connectivity index (χ2v) is 7.06. The number of nitrogens with one attached hydrogen (secondary N) is 2. The van der Waals surface area contributed by atoms with E-state index in [4.69, 9.17) is 16.0 Å². The molecular weight excluding hydrogens is 425 g/mol. The third kappa shape index (κ3) is 4.49. The van der Waals surface area contributed by atoms with Crippen LogP contribution in [-0.2, 0) is 9.59 Å². The lowest BCUT2D eigenvalue weighted by Crippen LogP contribution is -2.38. The Morgan fingerprint density at radius 1 is 1.13 bits per heavy atom. The molecule has 1 aliphatic heterocycles. The van der Waals surface area contributed by atoms with Gasteiger partial charge in [-0.1, -0.05) is 35.9 Å². The van der Waals surface area contributed by atoms with Gasteiger partial charge >= 0.3 is 6.03 Å². The van der Waals surface area contributed by atoms with Crippen LogP contribution in [0.3, 0.4) is 0 Å². The maximum Gasteiger partial charge on any atom is 0.329 e. The number of hydrogen-bond donors (Lipinski definition) is 2. The number of furan rings is 1. The van der Waals surface area contributed by atoms with Crippen molar-refractivity contribution < 1.29 is 23.2 Å². The number of anilines is 1. The first kappa shape index (κ1) is 20.4. The predicted octanol–water partition coefficient (Wildman–Crippen LogP) is 4.27. The normalized spacial score (nSPS) is 14.8. The highest BCUT2D eigenvalue weighted by Gasteiger charge is 2.35. The third-order valence-corrected chi connectivity index (χ3v) is 4.67. The molecule has 2 aromatic carbocycles. The molecule has 4 amide bonds. The van der Waals surface area contributed by atoms with E-state index < -0.39 is 30.2 Å². The molecule has 0 radical (unpaired) electrons. The Labute approximate surface area is 181 Å². The van der Waals surface area contributed by atoms with E-state index in [0.717, 1.165) is 10.5 Å². The van der Waals surface area contributed by atoms with Crippen LogP contribution in [0.4, 0.5) is 14.9 Å². The summed E-state index contributed by atoms with van der Waals surface area (Å²) in [6.07, 6.45) is 1.36. The first-order chi connectivity index (χ1) is 14.9. The van der Waals surface area contributed by atoms with E-state index in [1.165, 1.54) is 24.3 Å². The number of urea groups is 1. The number of carbonyl (C=O) groups excluding carboxylic acids is 3. The van der Waals surface area contributed by atoms with E-state index in [-0.39, 0.29) is 11.4 Å². The van der Waals surface area contributed by atoms with Gasteiger partial charge in [0.1, 0.15) is 29.6 Å². The van der Waals surface area contributed by atoms with Gasteiger partial charge in [-0.15, -0.1) is 0 Å². The lowest BCUT2D eigenvalue weighted by molar-refractivity contribution is -0.127. The smallest absolute Gasteiger partial charge is 0.329 e. The number of halogens is 2. The molecule has 2 N–H and O–H groups in total. The first-order valence-electron chi connectivity index (χ1n) is 9.15. The van der Waals surface area contributed by atoms with Crippen molar-refractivity contribution in [2.45, 2.75) is 0 Å². The third-order valence-electron chi connectivity index (χ3n) is 4.43. The zero-order valence-corrected chi connectivity index (χ0v) is 16.7. The summed E-state index contributed by atoms with van der Waals surface area (Å²) >= 11 is 5.99. The van der Waals surface area contributed by atoms with E-state index in [0.29, 0.717) is 16.5 Å². The molecule has 1 aliphatic rings. The van der Waals surface area contributed by atoms with Gasteiger partial charge in [0.05, 0.1) is 5.69 Å². The monoisotopic (exact) mass is 439 g/mol. The van der Waals surface area contributed by atoms with Crippen LogP contribution in [0.2, 0.25) is 5.02 Å². The Balaban J connectivity index is 1.46. The molecule has 0 bridgehead atoms. The number of carbonyl (C=O) groups is 3. The largest absolute Gasteiger partial charge is 0.457 e. The van der Waals surface area contributed by atoms with Gasteiger partial charge in [0.25, 0.3) is 5.91 Å². The maximum absolute atomic E-state index is 13.7. The minimum Gasteiger partial charge on any atom is -0.457 e. The number of imide groups is 1. The van der Waals surface area contributed by atoms with Crippen LogP contribution >= 0.6 is 11.6 Å². The van der Waals surface area contributed by atoms with Crippen LogP contribution in [0.1, 0.15) is 5.76 Å². The van der Waals surface area contributed by atoms with Crippen LogP contribution < -0.4 is 10.6 Å². The topological polar surface area (TPSA) is 91.7 Å². The quantitative estimate of drug-likeness (QED) is 0.458. The zero-order chi connectivity index (χ0) is 22.0. The fourth-order valence-corrected chi connectivity index (χ4v) is 3.17. The molecule has 31 heavy (non-hydrogen) atoms. The van der Waals surface area contributed by atoms with Crippen LogP contribution in [0, 0.1) is 5.82 Å². The fraction of sp³-hybridized carbons (Fsp3) is 0.0455. The molecule has 0 aliphatic carbocycles. The van der Waals surface area contributed by atoms with Crippen molar-refractivity contribution in [1.29, 1.82) is 0 Å². The number of amides is 4. The highest BCUT2D eigenvalue weighted by molar-refractivity contribution is 6.30. The van der Waals surface area contributed by atoms with Crippen molar-refractivity contribution in [2.24, 2.45) is 0 Å². The SMILES string of the molecule is O=C(CN1C(=O)N/C(=C/c2ccc(-c3cccc(Cl)c3)o2)C1=O)Nc1ccccc1F. The van der Waals surface area contributed by atoms with Crippen molar-refractivity contribution in [3.8, 4) is 11.3 Å². The van der Waals surface area contributed by atoms with Crippen molar-refractivity contribution in [1.82, 2.24) is 10.2 Å². The summed E-state index contributed by atoms with van der Waals surface area (Å²) < 4.78 is 19.4. The van der Waals surface area contributed by atoms with Crippen molar-refractivity contribution >= 4 is 41.2 Å². The molecule has 0 spiro atoms. The molecule has 3 aromatic rings. The van der Waals surface area contributed by atoms with Crippen LogP contribution in [-0.4, -0.2) is 29.3 Å². The molecule has 7 nitrogen and oxygen atoms in total. The van der Waals surface area contributed by atoms with Gasteiger partial charge in [-0.05, 0) is 36.4 Å². The summed E-state index contributed by atoms with van der Waals surface area (Å²) in [6.45, 7) is -0.567. The Hall–Kier alpha value is -3.91. The molecule has 0 saturated carbocycles. The number of hydrogen-bond acceptors (Lipinski definition) is 4. The number of nitrogens with zero attached hydrogens (tertiary/aromatic N) is 1. The van der Waals surface area contributed by atoms with Gasteiger partial charge in [0.2, 0.25) is 5.91 Å². The molecule has 4 rings (SSSR count). The minimum atomic E-state index is -0.762. The second-order valence-electron chi connectivity index (χ2n) is 6.62. The van der Waals surface area contributed by atoms with Crippen LogP contribution in [0.15, 0.2) is 70.8 Å².